The number of hydrogen-bond donors (Lipinski definition) is 1. The van der Waals surface area contributed by atoms with Gasteiger partial charge in [-0.25, -0.2) is 4.39 Å². The van der Waals surface area contributed by atoms with Crippen LogP contribution in [0.1, 0.15) is 0 Å². The zero-order valence-electron chi connectivity index (χ0n) is 10.1. The summed E-state index contributed by atoms with van der Waals surface area (Å²) in [6.45, 7) is 0. The lowest BCUT2D eigenvalue weighted by Gasteiger charge is -2.14. The zero-order valence-corrected chi connectivity index (χ0v) is 10.1. The minimum absolute atomic E-state index is 0.0576. The van der Waals surface area contributed by atoms with Crippen LogP contribution in [-0.4, -0.2) is 19.3 Å². The van der Waals surface area contributed by atoms with Crippen LogP contribution in [0, 0.1) is 5.82 Å². The summed E-state index contributed by atoms with van der Waals surface area (Å²) in [5, 5.41) is 9.92. The van der Waals surface area contributed by atoms with Gasteiger partial charge in [0.25, 0.3) is 0 Å². The van der Waals surface area contributed by atoms with Crippen LogP contribution in [0.2, 0.25) is 0 Å². The minimum Gasteiger partial charge on any atom is -0.507 e. The summed E-state index contributed by atoms with van der Waals surface area (Å²) in [5.74, 6) is 0.258. The number of methoxy groups -OCH3 is 2. The van der Waals surface area contributed by atoms with Gasteiger partial charge in [-0.05, 0) is 18.2 Å². The lowest BCUT2D eigenvalue weighted by molar-refractivity contribution is 0.353. The van der Waals surface area contributed by atoms with E-state index < -0.39 is 5.82 Å². The predicted octanol–water partition coefficient (Wildman–Crippen LogP) is 3.22. The number of ether oxygens (including phenoxy) is 2. The second kappa shape index (κ2) is 4.96. The molecule has 0 heterocycles. The zero-order chi connectivity index (χ0) is 13.1. The molecule has 18 heavy (non-hydrogen) atoms. The van der Waals surface area contributed by atoms with Crippen molar-refractivity contribution >= 4 is 0 Å². The summed E-state index contributed by atoms with van der Waals surface area (Å²) in [4.78, 5) is 0. The van der Waals surface area contributed by atoms with Crippen molar-refractivity contribution < 1.29 is 19.0 Å². The molecule has 2 aromatic carbocycles. The van der Waals surface area contributed by atoms with Crippen molar-refractivity contribution in [2.45, 2.75) is 0 Å². The number of hydrogen-bond acceptors (Lipinski definition) is 3. The maximum absolute atomic E-state index is 13.8. The summed E-state index contributed by atoms with van der Waals surface area (Å²) in [7, 11) is 2.93. The molecule has 0 spiro atoms. The lowest BCUT2D eigenvalue weighted by Crippen LogP contribution is -1.95. The average Bonchev–Trinajstić information content (AvgIpc) is 2.39. The molecule has 0 saturated carbocycles. The van der Waals surface area contributed by atoms with Crippen LogP contribution in [0.4, 0.5) is 4.39 Å². The highest BCUT2D eigenvalue weighted by Gasteiger charge is 2.18. The molecule has 0 aromatic heterocycles. The molecular formula is C14H13FO3. The molecule has 0 aliphatic rings. The fourth-order valence-electron chi connectivity index (χ4n) is 1.84. The molecule has 94 valence electrons. The number of benzene rings is 2. The Labute approximate surface area is 104 Å². The van der Waals surface area contributed by atoms with E-state index in [4.69, 9.17) is 9.47 Å². The van der Waals surface area contributed by atoms with Crippen molar-refractivity contribution in [2.24, 2.45) is 0 Å². The number of halogens is 1. The molecule has 0 aliphatic carbocycles. The standard InChI is InChI=1S/C14H13FO3/c1-17-12-8-7-11(16)13(14(12)18-2)9-5-3-4-6-10(9)15/h3-8,16H,1-2H3. The summed E-state index contributed by atoms with van der Waals surface area (Å²) in [6.07, 6.45) is 0. The number of phenols is 1. The first kappa shape index (κ1) is 12.2. The van der Waals surface area contributed by atoms with Crippen molar-refractivity contribution in [1.29, 1.82) is 0 Å². The first-order valence-electron chi connectivity index (χ1n) is 5.38. The van der Waals surface area contributed by atoms with E-state index in [0.717, 1.165) is 0 Å². The molecular weight excluding hydrogens is 235 g/mol. The number of rotatable bonds is 3. The third-order valence-corrected chi connectivity index (χ3v) is 2.67. The van der Waals surface area contributed by atoms with Gasteiger partial charge in [0.2, 0.25) is 0 Å². The topological polar surface area (TPSA) is 38.7 Å². The van der Waals surface area contributed by atoms with E-state index >= 15 is 0 Å². The first-order chi connectivity index (χ1) is 8.69. The van der Waals surface area contributed by atoms with Crippen LogP contribution in [0.15, 0.2) is 36.4 Å². The van der Waals surface area contributed by atoms with Gasteiger partial charge in [0.05, 0.1) is 19.8 Å². The normalized spacial score (nSPS) is 10.2. The van der Waals surface area contributed by atoms with Gasteiger partial charge in [-0.2, -0.15) is 0 Å². The first-order valence-corrected chi connectivity index (χ1v) is 5.38. The summed E-state index contributed by atoms with van der Waals surface area (Å²) < 4.78 is 24.1. The smallest absolute Gasteiger partial charge is 0.172 e. The van der Waals surface area contributed by atoms with Crippen LogP contribution in [0.25, 0.3) is 11.1 Å². The van der Waals surface area contributed by atoms with Gasteiger partial charge < -0.3 is 14.6 Å². The molecule has 0 fully saturated rings. The molecule has 2 aromatic rings. The molecule has 0 aliphatic heterocycles. The molecule has 1 N–H and O–H groups in total. The van der Waals surface area contributed by atoms with Crippen molar-refractivity contribution in [3.05, 3.63) is 42.2 Å². The van der Waals surface area contributed by atoms with E-state index in [9.17, 15) is 9.50 Å². The van der Waals surface area contributed by atoms with Gasteiger partial charge in [0, 0.05) is 5.56 Å². The van der Waals surface area contributed by atoms with Gasteiger partial charge in [-0.15, -0.1) is 0 Å². The molecule has 0 amide bonds. The van der Waals surface area contributed by atoms with Crippen LogP contribution >= 0.6 is 0 Å². The van der Waals surface area contributed by atoms with Crippen LogP contribution in [0.5, 0.6) is 17.2 Å². The maximum Gasteiger partial charge on any atom is 0.172 e. The average molecular weight is 248 g/mol. The summed E-state index contributed by atoms with van der Waals surface area (Å²) in [5.41, 5.74) is 0.556. The Kier molecular flexibility index (Phi) is 3.37. The van der Waals surface area contributed by atoms with Gasteiger partial charge in [0.15, 0.2) is 11.5 Å². The van der Waals surface area contributed by atoms with E-state index in [1.54, 1.807) is 24.3 Å². The van der Waals surface area contributed by atoms with E-state index in [0.29, 0.717) is 11.5 Å². The Morgan fingerprint density at radius 3 is 2.33 bits per heavy atom. The molecule has 0 radical (unpaired) electrons. The lowest BCUT2D eigenvalue weighted by atomic mass is 10.0. The van der Waals surface area contributed by atoms with Crippen LogP contribution in [-0.2, 0) is 0 Å². The van der Waals surface area contributed by atoms with Crippen molar-refractivity contribution in [3.63, 3.8) is 0 Å². The monoisotopic (exact) mass is 248 g/mol. The van der Waals surface area contributed by atoms with Gasteiger partial charge in [-0.3, -0.25) is 0 Å². The number of phenolic OH excluding ortho intramolecular Hbond substituents is 1. The fourth-order valence-corrected chi connectivity index (χ4v) is 1.84. The van der Waals surface area contributed by atoms with Crippen molar-refractivity contribution in [3.8, 4) is 28.4 Å². The quantitative estimate of drug-likeness (QED) is 0.906. The molecule has 0 saturated heterocycles. The van der Waals surface area contributed by atoms with E-state index in [1.807, 2.05) is 0 Å². The SMILES string of the molecule is COc1ccc(O)c(-c2ccccc2F)c1OC. The molecule has 0 atom stereocenters. The molecule has 3 nitrogen and oxygen atoms in total. The van der Waals surface area contributed by atoms with Gasteiger partial charge >= 0.3 is 0 Å². The second-order valence-corrected chi connectivity index (χ2v) is 3.68. The largest absolute Gasteiger partial charge is 0.507 e. The van der Waals surface area contributed by atoms with Gasteiger partial charge in [-0.1, -0.05) is 18.2 Å². The van der Waals surface area contributed by atoms with Crippen molar-refractivity contribution in [2.75, 3.05) is 14.2 Å². The Hall–Kier alpha value is -2.23. The van der Waals surface area contributed by atoms with Crippen molar-refractivity contribution in [1.82, 2.24) is 0 Å². The second-order valence-electron chi connectivity index (χ2n) is 3.68. The summed E-state index contributed by atoms with van der Waals surface area (Å²) >= 11 is 0. The van der Waals surface area contributed by atoms with E-state index in [1.165, 1.54) is 26.4 Å². The molecule has 0 unspecified atom stereocenters. The Morgan fingerprint density at radius 1 is 1.00 bits per heavy atom. The van der Waals surface area contributed by atoms with Crippen LogP contribution in [0.3, 0.4) is 0 Å². The maximum atomic E-state index is 13.8. The highest BCUT2D eigenvalue weighted by atomic mass is 19.1. The molecule has 4 heteroatoms. The van der Waals surface area contributed by atoms with Gasteiger partial charge in [0.1, 0.15) is 11.6 Å². The van der Waals surface area contributed by atoms with E-state index in [2.05, 4.69) is 0 Å². The molecule has 0 bridgehead atoms. The minimum atomic E-state index is -0.431. The third kappa shape index (κ3) is 1.97. The third-order valence-electron chi connectivity index (χ3n) is 2.67. The Morgan fingerprint density at radius 2 is 1.72 bits per heavy atom. The Balaban J connectivity index is 2.74. The Bertz CT molecular complexity index is 567. The summed E-state index contributed by atoms with van der Waals surface area (Å²) in [6, 6.07) is 9.20. The highest BCUT2D eigenvalue weighted by molar-refractivity contribution is 5.79. The molecule has 2 rings (SSSR count). The highest BCUT2D eigenvalue weighted by Crippen LogP contribution is 2.44. The predicted molar refractivity (Wildman–Crippen MR) is 66.6 cm³/mol. The number of aromatic hydroxyl groups is 1. The fraction of sp³-hybridized carbons (Fsp3) is 0.143. The van der Waals surface area contributed by atoms with E-state index in [-0.39, 0.29) is 16.9 Å². The van der Waals surface area contributed by atoms with Crippen LogP contribution < -0.4 is 9.47 Å².